The van der Waals surface area contributed by atoms with E-state index in [0.717, 1.165) is 11.1 Å². The summed E-state index contributed by atoms with van der Waals surface area (Å²) in [5.74, 6) is 0.383. The third kappa shape index (κ3) is 5.63. The van der Waals surface area contributed by atoms with Gasteiger partial charge in [0.2, 0.25) is 10.0 Å². The van der Waals surface area contributed by atoms with Crippen LogP contribution >= 0.6 is 0 Å². The normalized spacial score (nSPS) is 11.1. The molecule has 7 nitrogen and oxygen atoms in total. The van der Waals surface area contributed by atoms with Gasteiger partial charge < -0.3 is 10.1 Å². The van der Waals surface area contributed by atoms with E-state index >= 15 is 0 Å². The molecule has 0 fully saturated rings. The monoisotopic (exact) mass is 411 g/mol. The number of methoxy groups -OCH3 is 1. The summed E-state index contributed by atoms with van der Waals surface area (Å²) in [6.45, 7) is 0.526. The highest BCUT2D eigenvalue weighted by Gasteiger charge is 2.14. The van der Waals surface area contributed by atoms with Gasteiger partial charge in [0, 0.05) is 31.0 Å². The number of nitrogens with zero attached hydrogens (tertiary/aromatic N) is 1. The van der Waals surface area contributed by atoms with E-state index in [4.69, 9.17) is 4.74 Å². The average Bonchev–Trinajstić information content (AvgIpc) is 2.77. The molecule has 0 saturated carbocycles. The van der Waals surface area contributed by atoms with Crippen LogP contribution in [0.3, 0.4) is 0 Å². The zero-order chi connectivity index (χ0) is 20.7. The SMILES string of the molecule is COc1ccc(S(=O)(=O)NCc2ccc(C(=O)NCc3ccncc3)cc2)cc1. The number of sulfonamides is 1. The highest BCUT2D eigenvalue weighted by atomic mass is 32.2. The summed E-state index contributed by atoms with van der Waals surface area (Å²) in [5.41, 5.74) is 2.20. The lowest BCUT2D eigenvalue weighted by molar-refractivity contribution is 0.0951. The molecule has 3 rings (SSSR count). The lowest BCUT2D eigenvalue weighted by Crippen LogP contribution is -2.24. The Morgan fingerprint density at radius 1 is 0.897 bits per heavy atom. The Balaban J connectivity index is 1.56. The highest BCUT2D eigenvalue weighted by molar-refractivity contribution is 7.89. The van der Waals surface area contributed by atoms with Gasteiger partial charge in [-0.1, -0.05) is 12.1 Å². The number of carbonyl (C=O) groups is 1. The molecule has 8 heteroatoms. The van der Waals surface area contributed by atoms with Crippen LogP contribution in [0.2, 0.25) is 0 Å². The van der Waals surface area contributed by atoms with Crippen molar-refractivity contribution in [1.82, 2.24) is 15.0 Å². The number of rotatable bonds is 8. The fraction of sp³-hybridized carbons (Fsp3) is 0.143. The molecule has 1 amide bonds. The van der Waals surface area contributed by atoms with Crippen LogP contribution in [0.4, 0.5) is 0 Å². The minimum Gasteiger partial charge on any atom is -0.497 e. The first-order valence-electron chi connectivity index (χ1n) is 8.88. The predicted octanol–water partition coefficient (Wildman–Crippen LogP) is 2.50. The minimum atomic E-state index is -3.64. The fourth-order valence-corrected chi connectivity index (χ4v) is 3.59. The highest BCUT2D eigenvalue weighted by Crippen LogP contribution is 2.16. The van der Waals surface area contributed by atoms with Crippen molar-refractivity contribution >= 4 is 15.9 Å². The van der Waals surface area contributed by atoms with Gasteiger partial charge in [-0.25, -0.2) is 13.1 Å². The zero-order valence-electron chi connectivity index (χ0n) is 15.8. The molecule has 0 radical (unpaired) electrons. The number of pyridine rings is 1. The summed E-state index contributed by atoms with van der Waals surface area (Å²) >= 11 is 0. The van der Waals surface area contributed by atoms with E-state index in [2.05, 4.69) is 15.0 Å². The van der Waals surface area contributed by atoms with Crippen molar-refractivity contribution in [2.75, 3.05) is 7.11 Å². The van der Waals surface area contributed by atoms with Crippen LogP contribution in [0, 0.1) is 0 Å². The number of hydrogen-bond acceptors (Lipinski definition) is 5. The van der Waals surface area contributed by atoms with Gasteiger partial charge in [0.1, 0.15) is 5.75 Å². The molecule has 150 valence electrons. The maximum Gasteiger partial charge on any atom is 0.251 e. The van der Waals surface area contributed by atoms with Crippen LogP contribution in [0.1, 0.15) is 21.5 Å². The number of hydrogen-bond donors (Lipinski definition) is 2. The summed E-state index contributed by atoms with van der Waals surface area (Å²) in [6.07, 6.45) is 3.34. The van der Waals surface area contributed by atoms with Gasteiger partial charge >= 0.3 is 0 Å². The molecule has 0 aliphatic heterocycles. The Hall–Kier alpha value is -3.23. The molecule has 0 aliphatic carbocycles. The summed E-state index contributed by atoms with van der Waals surface area (Å²) in [4.78, 5) is 16.3. The van der Waals surface area contributed by atoms with Crippen molar-refractivity contribution in [1.29, 1.82) is 0 Å². The van der Waals surface area contributed by atoms with Crippen molar-refractivity contribution in [3.05, 3.63) is 89.7 Å². The molecule has 0 saturated heterocycles. The molecule has 29 heavy (non-hydrogen) atoms. The van der Waals surface area contributed by atoms with E-state index in [-0.39, 0.29) is 17.3 Å². The van der Waals surface area contributed by atoms with E-state index in [9.17, 15) is 13.2 Å². The lowest BCUT2D eigenvalue weighted by atomic mass is 10.1. The van der Waals surface area contributed by atoms with Crippen molar-refractivity contribution in [2.45, 2.75) is 18.0 Å². The standard InChI is InChI=1S/C21H21N3O4S/c1-28-19-6-8-20(9-7-19)29(26,27)24-15-16-2-4-18(5-3-16)21(25)23-14-17-10-12-22-13-11-17/h2-13,24H,14-15H2,1H3,(H,23,25). The predicted molar refractivity (Wildman–Crippen MR) is 109 cm³/mol. The van der Waals surface area contributed by atoms with Crippen LogP contribution in [0.5, 0.6) is 5.75 Å². The molecule has 0 spiro atoms. The summed E-state index contributed by atoms with van der Waals surface area (Å²) in [7, 11) is -2.12. The van der Waals surface area contributed by atoms with Gasteiger partial charge in [-0.3, -0.25) is 9.78 Å². The van der Waals surface area contributed by atoms with Gasteiger partial charge in [0.15, 0.2) is 0 Å². The lowest BCUT2D eigenvalue weighted by Gasteiger charge is -2.09. The molecule has 0 aliphatic rings. The van der Waals surface area contributed by atoms with Gasteiger partial charge in [-0.05, 0) is 59.7 Å². The Morgan fingerprint density at radius 2 is 1.52 bits per heavy atom. The van der Waals surface area contributed by atoms with E-state index in [1.807, 2.05) is 12.1 Å². The molecule has 2 N–H and O–H groups in total. The Kier molecular flexibility index (Phi) is 6.58. The Labute approximate surface area is 169 Å². The third-order valence-corrected chi connectivity index (χ3v) is 5.67. The zero-order valence-corrected chi connectivity index (χ0v) is 16.6. The molecular formula is C21H21N3O4S. The van der Waals surface area contributed by atoms with E-state index in [0.29, 0.717) is 17.9 Å². The van der Waals surface area contributed by atoms with Gasteiger partial charge in [0.25, 0.3) is 5.91 Å². The molecular weight excluding hydrogens is 390 g/mol. The maximum absolute atomic E-state index is 12.4. The number of ether oxygens (including phenoxy) is 1. The van der Waals surface area contributed by atoms with E-state index in [1.54, 1.807) is 48.8 Å². The number of amides is 1. The fourth-order valence-electron chi connectivity index (χ4n) is 2.58. The first-order valence-corrected chi connectivity index (χ1v) is 10.4. The molecule has 2 aromatic carbocycles. The quantitative estimate of drug-likeness (QED) is 0.594. The van der Waals surface area contributed by atoms with Crippen molar-refractivity contribution in [3.63, 3.8) is 0 Å². The Bertz CT molecular complexity index is 1050. The smallest absolute Gasteiger partial charge is 0.251 e. The van der Waals surface area contributed by atoms with Crippen molar-refractivity contribution in [2.24, 2.45) is 0 Å². The number of aromatic nitrogens is 1. The molecule has 1 heterocycles. The first kappa shape index (κ1) is 20.5. The van der Waals surface area contributed by atoms with E-state index < -0.39 is 10.0 Å². The third-order valence-electron chi connectivity index (χ3n) is 4.25. The number of benzene rings is 2. The second kappa shape index (κ2) is 9.31. The van der Waals surface area contributed by atoms with Crippen LogP contribution in [-0.2, 0) is 23.1 Å². The summed E-state index contributed by atoms with van der Waals surface area (Å²) in [5, 5.41) is 2.83. The summed E-state index contributed by atoms with van der Waals surface area (Å²) in [6, 6.07) is 16.6. The van der Waals surface area contributed by atoms with Gasteiger partial charge in [-0.15, -0.1) is 0 Å². The second-order valence-electron chi connectivity index (χ2n) is 6.24. The largest absolute Gasteiger partial charge is 0.497 e. The van der Waals surface area contributed by atoms with Gasteiger partial charge in [-0.2, -0.15) is 0 Å². The molecule has 3 aromatic rings. The van der Waals surface area contributed by atoms with Gasteiger partial charge in [0.05, 0.1) is 12.0 Å². The molecule has 0 atom stereocenters. The Morgan fingerprint density at radius 3 is 2.14 bits per heavy atom. The van der Waals surface area contributed by atoms with Crippen LogP contribution in [0.15, 0.2) is 78.0 Å². The van der Waals surface area contributed by atoms with Crippen molar-refractivity contribution < 1.29 is 17.9 Å². The number of nitrogens with one attached hydrogen (secondary N) is 2. The molecule has 0 unspecified atom stereocenters. The summed E-state index contributed by atoms with van der Waals surface area (Å²) < 4.78 is 32.3. The van der Waals surface area contributed by atoms with Crippen LogP contribution in [-0.4, -0.2) is 26.4 Å². The maximum atomic E-state index is 12.4. The van der Waals surface area contributed by atoms with Crippen molar-refractivity contribution in [3.8, 4) is 5.75 Å². The average molecular weight is 411 g/mol. The first-order chi connectivity index (χ1) is 14.0. The van der Waals surface area contributed by atoms with E-state index in [1.165, 1.54) is 19.2 Å². The number of carbonyl (C=O) groups excluding carboxylic acids is 1. The second-order valence-corrected chi connectivity index (χ2v) is 8.00. The van der Waals surface area contributed by atoms with Crippen LogP contribution in [0.25, 0.3) is 0 Å². The molecule has 0 bridgehead atoms. The topological polar surface area (TPSA) is 97.4 Å². The minimum absolute atomic E-state index is 0.118. The van der Waals surface area contributed by atoms with Crippen LogP contribution < -0.4 is 14.8 Å². The molecule has 1 aromatic heterocycles.